The number of Topliss-reactive ketones (excluding diaryl/α,β-unsaturated/α-hetero) is 1. The Labute approximate surface area is 234 Å². The third-order valence-corrected chi connectivity index (χ3v) is 13.0. The number of ketones is 1. The van der Waals surface area contributed by atoms with Gasteiger partial charge in [-0.25, -0.2) is 0 Å². The standard InChI is InChI=1S/C33H36N2O3S/c1-18-11-19(16-34-32-14-22-12-21-13-23(15-32)33(21,22)32)5-6-20(18)17-39-28-4-2-3-25-24(28)7-8-26(30(25)37)27-9-10-29(36)35-31(27)38/h2-6,11,21-23,26-27,34H,7-10,12-17H2,1H3,(H,35,36,38). The van der Waals surface area contributed by atoms with Crippen LogP contribution in [0, 0.1) is 41.9 Å². The van der Waals surface area contributed by atoms with Gasteiger partial charge in [-0.1, -0.05) is 30.3 Å². The fourth-order valence-electron chi connectivity index (χ4n) is 9.99. The molecule has 5 aliphatic carbocycles. The third kappa shape index (κ3) is 3.28. The summed E-state index contributed by atoms with van der Waals surface area (Å²) in [7, 11) is 0. The molecule has 0 bridgehead atoms. The first-order valence-corrected chi connectivity index (χ1v) is 15.8. The molecule has 1 spiro atoms. The number of amides is 2. The highest BCUT2D eigenvalue weighted by atomic mass is 32.2. The lowest BCUT2D eigenvalue weighted by Gasteiger charge is -2.91. The first-order chi connectivity index (χ1) is 18.9. The van der Waals surface area contributed by atoms with Crippen molar-refractivity contribution in [1.29, 1.82) is 0 Å². The number of nitrogens with one attached hydrogen (secondary N) is 2. The van der Waals surface area contributed by atoms with Crippen molar-refractivity contribution in [3.63, 3.8) is 0 Å². The van der Waals surface area contributed by atoms with Gasteiger partial charge in [0.25, 0.3) is 0 Å². The van der Waals surface area contributed by atoms with E-state index in [1.54, 1.807) is 0 Å². The van der Waals surface area contributed by atoms with E-state index in [4.69, 9.17) is 0 Å². The lowest BCUT2D eigenvalue weighted by atomic mass is 9.15. The first kappa shape index (κ1) is 24.4. The molecule has 1 saturated heterocycles. The molecule has 0 radical (unpaired) electrons. The van der Waals surface area contributed by atoms with Crippen molar-refractivity contribution < 1.29 is 14.4 Å². The summed E-state index contributed by atoms with van der Waals surface area (Å²) in [6.07, 6.45) is 8.08. The summed E-state index contributed by atoms with van der Waals surface area (Å²) >= 11 is 1.81. The number of carbonyl (C=O) groups excluding carboxylic acids is 3. The van der Waals surface area contributed by atoms with Gasteiger partial charge in [-0.15, -0.1) is 11.8 Å². The maximum absolute atomic E-state index is 13.4. The number of imide groups is 1. The van der Waals surface area contributed by atoms with E-state index < -0.39 is 5.92 Å². The predicted molar refractivity (Wildman–Crippen MR) is 150 cm³/mol. The highest BCUT2D eigenvalue weighted by Crippen LogP contribution is 2.89. The number of hydrogen-bond donors (Lipinski definition) is 2. The van der Waals surface area contributed by atoms with Gasteiger partial charge in [0.2, 0.25) is 11.8 Å². The molecule has 2 N–H and O–H groups in total. The zero-order valence-electron chi connectivity index (χ0n) is 22.6. The molecule has 5 nitrogen and oxygen atoms in total. The zero-order chi connectivity index (χ0) is 26.5. The molecule has 39 heavy (non-hydrogen) atoms. The molecule has 4 saturated carbocycles. The number of rotatable bonds is 7. The summed E-state index contributed by atoms with van der Waals surface area (Å²) < 4.78 is 0. The average molecular weight is 541 g/mol. The van der Waals surface area contributed by atoms with Gasteiger partial charge in [0.1, 0.15) is 0 Å². The van der Waals surface area contributed by atoms with Crippen molar-refractivity contribution in [3.8, 4) is 0 Å². The lowest BCUT2D eigenvalue weighted by molar-refractivity contribution is -0.397. The minimum atomic E-state index is -0.394. The second-order valence-corrected chi connectivity index (χ2v) is 14.3. The number of thioether (sulfide) groups is 1. The summed E-state index contributed by atoms with van der Waals surface area (Å²) in [5, 5.41) is 6.45. The Bertz CT molecular complexity index is 1410. The van der Waals surface area contributed by atoms with Crippen LogP contribution in [0.25, 0.3) is 0 Å². The topological polar surface area (TPSA) is 75.3 Å². The fourth-order valence-corrected chi connectivity index (χ4v) is 11.2. The van der Waals surface area contributed by atoms with E-state index >= 15 is 0 Å². The molecule has 2 aromatic carbocycles. The van der Waals surface area contributed by atoms with Crippen LogP contribution >= 0.6 is 11.8 Å². The molecule has 4 unspecified atom stereocenters. The Hall–Kier alpha value is -2.44. The van der Waals surface area contributed by atoms with E-state index in [0.29, 0.717) is 24.8 Å². The van der Waals surface area contributed by atoms with Gasteiger partial charge in [-0.2, -0.15) is 0 Å². The van der Waals surface area contributed by atoms with Crippen LogP contribution in [-0.2, 0) is 28.3 Å². The Balaban J connectivity index is 0.920. The Morgan fingerprint density at radius 2 is 1.77 bits per heavy atom. The van der Waals surface area contributed by atoms with Crippen molar-refractivity contribution in [2.75, 3.05) is 0 Å². The van der Waals surface area contributed by atoms with Crippen molar-refractivity contribution in [2.24, 2.45) is 35.0 Å². The van der Waals surface area contributed by atoms with E-state index in [1.807, 2.05) is 23.9 Å². The average Bonchev–Trinajstić information content (AvgIpc) is 2.87. The molecule has 1 heterocycles. The molecule has 6 aliphatic rings. The Morgan fingerprint density at radius 1 is 0.974 bits per heavy atom. The van der Waals surface area contributed by atoms with Gasteiger partial charge < -0.3 is 5.32 Å². The minimum absolute atomic E-state index is 0.0610. The van der Waals surface area contributed by atoms with E-state index in [9.17, 15) is 14.4 Å². The van der Waals surface area contributed by atoms with Crippen molar-refractivity contribution >= 4 is 29.4 Å². The summed E-state index contributed by atoms with van der Waals surface area (Å²) in [5.74, 6) is 2.80. The van der Waals surface area contributed by atoms with Crippen LogP contribution in [0.4, 0.5) is 0 Å². The summed E-state index contributed by atoms with van der Waals surface area (Å²) in [4.78, 5) is 38.6. The van der Waals surface area contributed by atoms with Crippen LogP contribution in [0.3, 0.4) is 0 Å². The maximum Gasteiger partial charge on any atom is 0.230 e. The van der Waals surface area contributed by atoms with Gasteiger partial charge in [-0.3, -0.25) is 19.7 Å². The van der Waals surface area contributed by atoms with Crippen molar-refractivity contribution in [3.05, 3.63) is 64.2 Å². The molecule has 8 rings (SSSR count). The quantitative estimate of drug-likeness (QED) is 0.365. The Morgan fingerprint density at radius 3 is 2.49 bits per heavy atom. The lowest BCUT2D eigenvalue weighted by Crippen LogP contribution is -2.92. The number of benzene rings is 2. The molecule has 6 heteroatoms. The minimum Gasteiger partial charge on any atom is -0.307 e. The van der Waals surface area contributed by atoms with E-state index in [2.05, 4.69) is 41.8 Å². The maximum atomic E-state index is 13.4. The molecule has 2 amide bonds. The smallest absolute Gasteiger partial charge is 0.230 e. The molecule has 4 atom stereocenters. The van der Waals surface area contributed by atoms with Crippen LogP contribution in [0.15, 0.2) is 41.3 Å². The number of aryl methyl sites for hydroxylation is 1. The van der Waals surface area contributed by atoms with Gasteiger partial charge in [0.05, 0.1) is 0 Å². The highest BCUT2D eigenvalue weighted by molar-refractivity contribution is 7.98. The largest absolute Gasteiger partial charge is 0.307 e. The van der Waals surface area contributed by atoms with Crippen LogP contribution in [-0.4, -0.2) is 23.1 Å². The van der Waals surface area contributed by atoms with Crippen molar-refractivity contribution in [1.82, 2.24) is 10.6 Å². The van der Waals surface area contributed by atoms with Gasteiger partial charge >= 0.3 is 0 Å². The van der Waals surface area contributed by atoms with E-state index in [-0.39, 0.29) is 23.5 Å². The molecule has 2 aromatic rings. The SMILES string of the molecule is Cc1cc(CNC23CC4CC5CC(C2)C543)ccc1CSc1cccc2c1CCC(C1CCC(=O)NC1=O)C2=O. The molecule has 0 aromatic heterocycles. The normalized spacial score (nSPS) is 37.3. The molecular weight excluding hydrogens is 504 g/mol. The number of hydrogen-bond acceptors (Lipinski definition) is 5. The van der Waals surface area contributed by atoms with Gasteiger partial charge in [0.15, 0.2) is 5.78 Å². The van der Waals surface area contributed by atoms with Gasteiger partial charge in [-0.05, 0) is 103 Å². The van der Waals surface area contributed by atoms with Crippen molar-refractivity contribution in [2.45, 2.75) is 81.0 Å². The number of piperidine rings is 1. The summed E-state index contributed by atoms with van der Waals surface area (Å²) in [6, 6.07) is 13.0. The summed E-state index contributed by atoms with van der Waals surface area (Å²) in [6.45, 7) is 3.20. The zero-order valence-corrected chi connectivity index (χ0v) is 23.4. The van der Waals surface area contributed by atoms with Crippen LogP contribution in [0.1, 0.15) is 77.6 Å². The fraction of sp³-hybridized carbons (Fsp3) is 0.545. The highest BCUT2D eigenvalue weighted by Gasteiger charge is 2.87. The molecule has 5 fully saturated rings. The van der Waals surface area contributed by atoms with Crippen LogP contribution in [0.5, 0.6) is 0 Å². The molecular formula is C33H36N2O3S. The number of carbonyl (C=O) groups is 3. The van der Waals surface area contributed by atoms with Crippen LogP contribution in [0.2, 0.25) is 0 Å². The number of fused-ring (bicyclic) bond motifs is 1. The third-order valence-electron chi connectivity index (χ3n) is 11.8. The van der Waals surface area contributed by atoms with Gasteiger partial charge in [0, 0.05) is 46.6 Å². The van der Waals surface area contributed by atoms with E-state index in [0.717, 1.165) is 53.0 Å². The Kier molecular flexibility index (Phi) is 5.33. The summed E-state index contributed by atoms with van der Waals surface area (Å²) in [5.41, 5.74) is 7.12. The monoisotopic (exact) mass is 540 g/mol. The first-order valence-electron chi connectivity index (χ1n) is 14.9. The van der Waals surface area contributed by atoms with E-state index in [1.165, 1.54) is 47.3 Å². The predicted octanol–water partition coefficient (Wildman–Crippen LogP) is 5.36. The molecule has 1 aliphatic heterocycles. The second kappa shape index (κ2) is 8.53. The molecule has 202 valence electrons. The van der Waals surface area contributed by atoms with Crippen LogP contribution < -0.4 is 10.6 Å². The second-order valence-electron chi connectivity index (χ2n) is 13.2.